The van der Waals surface area contributed by atoms with Gasteiger partial charge in [-0.25, -0.2) is 0 Å². The molecule has 0 aromatic rings. The van der Waals surface area contributed by atoms with E-state index in [4.69, 9.17) is 0 Å². The van der Waals surface area contributed by atoms with Gasteiger partial charge in [-0.1, -0.05) is 6.08 Å². The van der Waals surface area contributed by atoms with Gasteiger partial charge in [-0.05, 0) is 13.3 Å². The molecule has 1 aliphatic carbocycles. The third-order valence-electron chi connectivity index (χ3n) is 4.16. The minimum atomic E-state index is -7.02. The van der Waals surface area contributed by atoms with E-state index in [1.165, 1.54) is 6.92 Å². The molecule has 2 atom stereocenters. The molecule has 0 saturated heterocycles. The molecule has 0 radical (unpaired) electrons. The molecule has 0 amide bonds. The van der Waals surface area contributed by atoms with Gasteiger partial charge in [0.2, 0.25) is 0 Å². The fourth-order valence-electron chi connectivity index (χ4n) is 2.35. The molecular formula is C15H15F9O4. The molecule has 0 heterocycles. The molecule has 0 aromatic carbocycles. The average Bonchev–Trinajstić information content (AvgIpc) is 3.29. The smallest absolute Gasteiger partial charge is 0.460 e. The summed E-state index contributed by atoms with van der Waals surface area (Å²) in [6, 6.07) is 0. The van der Waals surface area contributed by atoms with E-state index in [0.717, 1.165) is 6.08 Å². The van der Waals surface area contributed by atoms with E-state index < -0.39 is 60.2 Å². The van der Waals surface area contributed by atoms with Gasteiger partial charge in [-0.3, -0.25) is 9.59 Å². The normalized spacial score (nSPS) is 23.1. The van der Waals surface area contributed by atoms with Gasteiger partial charge in [-0.2, -0.15) is 39.5 Å². The molecule has 4 nitrogen and oxygen atoms in total. The number of ether oxygens (including phenoxy) is 2. The predicted molar refractivity (Wildman–Crippen MR) is 73.8 cm³/mol. The molecule has 162 valence electrons. The van der Waals surface area contributed by atoms with Gasteiger partial charge >= 0.3 is 35.9 Å². The third kappa shape index (κ3) is 3.79. The van der Waals surface area contributed by atoms with Crippen molar-refractivity contribution in [2.24, 2.45) is 11.3 Å². The van der Waals surface area contributed by atoms with Crippen LogP contribution in [-0.4, -0.2) is 49.1 Å². The Bertz CT molecular complexity index is 629. The van der Waals surface area contributed by atoms with Crippen LogP contribution >= 0.6 is 0 Å². The predicted octanol–water partition coefficient (Wildman–Crippen LogP) is 4.14. The van der Waals surface area contributed by atoms with Gasteiger partial charge in [0.25, 0.3) is 0 Å². The van der Waals surface area contributed by atoms with Gasteiger partial charge in [0.15, 0.2) is 5.41 Å². The molecular weight excluding hydrogens is 415 g/mol. The van der Waals surface area contributed by atoms with Crippen molar-refractivity contribution in [3.05, 3.63) is 12.7 Å². The minimum Gasteiger partial charge on any atom is -0.465 e. The Morgan fingerprint density at radius 1 is 1.00 bits per heavy atom. The molecule has 0 N–H and O–H groups in total. The van der Waals surface area contributed by atoms with Crippen LogP contribution in [0.25, 0.3) is 0 Å². The lowest BCUT2D eigenvalue weighted by atomic mass is 10.0. The molecule has 1 fully saturated rings. The summed E-state index contributed by atoms with van der Waals surface area (Å²) in [4.78, 5) is 23.8. The van der Waals surface area contributed by atoms with Gasteiger partial charge in [-0.15, -0.1) is 6.58 Å². The first-order valence-electron chi connectivity index (χ1n) is 7.70. The van der Waals surface area contributed by atoms with Crippen LogP contribution in [0.15, 0.2) is 12.7 Å². The molecule has 1 aliphatic rings. The summed E-state index contributed by atoms with van der Waals surface area (Å²) in [5, 5.41) is 0. The van der Waals surface area contributed by atoms with Crippen molar-refractivity contribution >= 4 is 11.9 Å². The maximum absolute atomic E-state index is 13.4. The highest BCUT2D eigenvalue weighted by Gasteiger charge is 2.81. The number of halogens is 9. The summed E-state index contributed by atoms with van der Waals surface area (Å²) in [7, 11) is 0. The largest absolute Gasteiger partial charge is 0.465 e. The van der Waals surface area contributed by atoms with Crippen LogP contribution in [0.3, 0.4) is 0 Å². The molecule has 13 heteroatoms. The third-order valence-corrected chi connectivity index (χ3v) is 4.16. The molecule has 28 heavy (non-hydrogen) atoms. The van der Waals surface area contributed by atoms with Crippen LogP contribution in [0.2, 0.25) is 0 Å². The van der Waals surface area contributed by atoms with E-state index in [1.807, 2.05) is 0 Å². The zero-order chi connectivity index (χ0) is 22.2. The second-order valence-corrected chi connectivity index (χ2v) is 5.98. The van der Waals surface area contributed by atoms with Crippen LogP contribution in [0.1, 0.15) is 19.8 Å². The number of alkyl halides is 9. The van der Waals surface area contributed by atoms with Gasteiger partial charge in [0.1, 0.15) is 0 Å². The number of carbonyl (C=O) groups is 2. The molecule has 1 rings (SSSR count). The monoisotopic (exact) mass is 430 g/mol. The topological polar surface area (TPSA) is 52.6 Å². The number of hydrogen-bond acceptors (Lipinski definition) is 4. The highest BCUT2D eigenvalue weighted by atomic mass is 19.4. The van der Waals surface area contributed by atoms with Crippen molar-refractivity contribution < 1.29 is 58.6 Å². The standard InChI is InChI=1S/C15H15F9O4/c1-3-8-7-11(8,9(25)27-4-2)10(26)28-6-5-12(16,17)13(18,19)14(20,21)15(22,23)24/h3,8H,1,4-7H2,2H3. The van der Waals surface area contributed by atoms with E-state index in [1.54, 1.807) is 0 Å². The quantitative estimate of drug-likeness (QED) is 0.239. The fraction of sp³-hybridized carbons (Fsp3) is 0.733. The van der Waals surface area contributed by atoms with Crippen molar-refractivity contribution in [2.75, 3.05) is 13.2 Å². The number of carbonyl (C=O) groups excluding carboxylic acids is 2. The Morgan fingerprint density at radius 3 is 1.89 bits per heavy atom. The van der Waals surface area contributed by atoms with E-state index in [9.17, 15) is 49.1 Å². The second-order valence-electron chi connectivity index (χ2n) is 5.98. The van der Waals surface area contributed by atoms with E-state index in [0.29, 0.717) is 0 Å². The first-order chi connectivity index (χ1) is 12.5. The lowest BCUT2D eigenvalue weighted by Gasteiger charge is -2.33. The maximum Gasteiger partial charge on any atom is 0.460 e. The van der Waals surface area contributed by atoms with Gasteiger partial charge in [0, 0.05) is 5.92 Å². The molecule has 0 aromatic heterocycles. The average molecular weight is 430 g/mol. The Labute approximate surface area is 152 Å². The van der Waals surface area contributed by atoms with Crippen molar-refractivity contribution in [3.8, 4) is 0 Å². The number of hydrogen-bond donors (Lipinski definition) is 0. The van der Waals surface area contributed by atoms with Crippen molar-refractivity contribution in [1.29, 1.82) is 0 Å². The lowest BCUT2D eigenvalue weighted by Crippen LogP contribution is -2.61. The van der Waals surface area contributed by atoms with Crippen LogP contribution in [0.4, 0.5) is 39.5 Å². The van der Waals surface area contributed by atoms with E-state index in [2.05, 4.69) is 16.1 Å². The molecule has 0 spiro atoms. The van der Waals surface area contributed by atoms with Crippen molar-refractivity contribution in [3.63, 3.8) is 0 Å². The van der Waals surface area contributed by atoms with Gasteiger partial charge in [0.05, 0.1) is 19.6 Å². The summed E-state index contributed by atoms with van der Waals surface area (Å²) in [6.07, 6.45) is -8.29. The van der Waals surface area contributed by atoms with Crippen LogP contribution < -0.4 is 0 Å². The number of esters is 2. The highest BCUT2D eigenvalue weighted by Crippen LogP contribution is 2.56. The molecule has 2 unspecified atom stereocenters. The Hall–Kier alpha value is -1.95. The SMILES string of the molecule is C=CC1CC1(C(=O)OCC)C(=O)OCCC(F)(F)C(F)(F)C(F)(F)C(F)(F)F. The first-order valence-corrected chi connectivity index (χ1v) is 7.70. The lowest BCUT2D eigenvalue weighted by molar-refractivity contribution is -0.397. The summed E-state index contributed by atoms with van der Waals surface area (Å²) < 4.78 is 123. The maximum atomic E-state index is 13.4. The Kier molecular flexibility index (Phi) is 6.42. The molecule has 0 aliphatic heterocycles. The van der Waals surface area contributed by atoms with Crippen LogP contribution in [0, 0.1) is 11.3 Å². The first kappa shape index (κ1) is 24.1. The number of allylic oxidation sites excluding steroid dienone is 1. The Balaban J connectivity index is 2.85. The summed E-state index contributed by atoms with van der Waals surface area (Å²) in [5.74, 6) is -23.0. The second kappa shape index (κ2) is 7.47. The zero-order valence-electron chi connectivity index (χ0n) is 14.2. The number of rotatable bonds is 9. The van der Waals surface area contributed by atoms with Crippen LogP contribution in [0.5, 0.6) is 0 Å². The van der Waals surface area contributed by atoms with Crippen LogP contribution in [-0.2, 0) is 19.1 Å². The molecule has 1 saturated carbocycles. The molecule has 0 bridgehead atoms. The minimum absolute atomic E-state index is 0.158. The Morgan fingerprint density at radius 2 is 1.50 bits per heavy atom. The summed E-state index contributed by atoms with van der Waals surface area (Å²) in [5.41, 5.74) is -1.94. The van der Waals surface area contributed by atoms with Gasteiger partial charge < -0.3 is 9.47 Å². The summed E-state index contributed by atoms with van der Waals surface area (Å²) in [6.45, 7) is 2.92. The van der Waals surface area contributed by atoms with Crippen molar-refractivity contribution in [1.82, 2.24) is 0 Å². The van der Waals surface area contributed by atoms with E-state index in [-0.39, 0.29) is 13.0 Å². The highest BCUT2D eigenvalue weighted by molar-refractivity contribution is 6.04. The van der Waals surface area contributed by atoms with Crippen molar-refractivity contribution in [2.45, 2.75) is 43.7 Å². The summed E-state index contributed by atoms with van der Waals surface area (Å²) >= 11 is 0. The fourth-order valence-corrected chi connectivity index (χ4v) is 2.35. The van der Waals surface area contributed by atoms with E-state index >= 15 is 0 Å². The zero-order valence-corrected chi connectivity index (χ0v) is 14.2.